The Labute approximate surface area is 208 Å². The summed E-state index contributed by atoms with van der Waals surface area (Å²) in [5.41, 5.74) is 2.72. The van der Waals surface area contributed by atoms with E-state index in [0.717, 1.165) is 32.9 Å². The standard InChI is InChI=1S/C23H22BrN5O2S2/c1-3-29-21(17-7-5-6-8-19(17)31-4-2)27-28-23(29)33-14-20(30)26-22-25-18(13-32-22)15-9-11-16(24)12-10-15/h5-13H,3-4,14H2,1-2H3,(H,25,26,30). The number of thiazole rings is 1. The first-order chi connectivity index (χ1) is 16.1. The molecule has 2 aromatic carbocycles. The van der Waals surface area contributed by atoms with Crippen molar-refractivity contribution in [1.82, 2.24) is 19.7 Å². The van der Waals surface area contributed by atoms with Crippen molar-refractivity contribution in [1.29, 1.82) is 0 Å². The number of carbonyl (C=O) groups excluding carboxylic acids is 1. The number of hydrogen-bond donors (Lipinski definition) is 1. The average molecular weight is 544 g/mol. The third-order valence-electron chi connectivity index (χ3n) is 4.68. The van der Waals surface area contributed by atoms with Crippen LogP contribution in [0.2, 0.25) is 0 Å². The van der Waals surface area contributed by atoms with Gasteiger partial charge in [-0.1, -0.05) is 52.0 Å². The van der Waals surface area contributed by atoms with Crippen LogP contribution >= 0.6 is 39.0 Å². The molecule has 0 saturated heterocycles. The smallest absolute Gasteiger partial charge is 0.236 e. The molecule has 0 unspecified atom stereocenters. The zero-order valence-corrected chi connectivity index (χ0v) is 21.3. The molecule has 0 spiro atoms. The van der Waals surface area contributed by atoms with Gasteiger partial charge in [0.05, 0.1) is 23.6 Å². The Morgan fingerprint density at radius 1 is 1.15 bits per heavy atom. The lowest BCUT2D eigenvalue weighted by molar-refractivity contribution is -0.113. The normalized spacial score (nSPS) is 10.9. The first-order valence-corrected chi connectivity index (χ1v) is 13.0. The number of anilines is 1. The highest BCUT2D eigenvalue weighted by Gasteiger charge is 2.18. The van der Waals surface area contributed by atoms with Gasteiger partial charge in [0.15, 0.2) is 16.1 Å². The number of nitrogens with one attached hydrogen (secondary N) is 1. The Morgan fingerprint density at radius 3 is 2.70 bits per heavy atom. The minimum absolute atomic E-state index is 0.140. The maximum atomic E-state index is 12.5. The predicted molar refractivity (Wildman–Crippen MR) is 137 cm³/mol. The molecule has 2 aromatic heterocycles. The van der Waals surface area contributed by atoms with Crippen molar-refractivity contribution in [3.63, 3.8) is 0 Å². The second-order valence-corrected chi connectivity index (χ2v) is 9.58. The average Bonchev–Trinajstić information content (AvgIpc) is 3.45. The van der Waals surface area contributed by atoms with Crippen LogP contribution in [-0.2, 0) is 11.3 Å². The van der Waals surface area contributed by atoms with Gasteiger partial charge in [0, 0.05) is 22.0 Å². The quantitative estimate of drug-likeness (QED) is 0.261. The first-order valence-electron chi connectivity index (χ1n) is 10.4. The predicted octanol–water partition coefficient (Wildman–Crippen LogP) is 5.98. The maximum absolute atomic E-state index is 12.5. The maximum Gasteiger partial charge on any atom is 0.236 e. The number of nitrogens with zero attached hydrogens (tertiary/aromatic N) is 4. The Bertz CT molecular complexity index is 1240. The topological polar surface area (TPSA) is 81.9 Å². The van der Waals surface area contributed by atoms with Crippen LogP contribution in [0.15, 0.2) is 63.5 Å². The molecule has 0 bridgehead atoms. The van der Waals surface area contributed by atoms with Crippen LogP contribution < -0.4 is 10.1 Å². The van der Waals surface area contributed by atoms with E-state index < -0.39 is 0 Å². The number of hydrogen-bond acceptors (Lipinski definition) is 7. The van der Waals surface area contributed by atoms with E-state index in [-0.39, 0.29) is 11.7 Å². The molecule has 0 atom stereocenters. The minimum atomic E-state index is -0.140. The van der Waals surface area contributed by atoms with Gasteiger partial charge in [-0.15, -0.1) is 21.5 Å². The Hall–Kier alpha value is -2.69. The first kappa shape index (κ1) is 23.5. The molecule has 1 N–H and O–H groups in total. The number of rotatable bonds is 9. The van der Waals surface area contributed by atoms with Crippen LogP contribution in [0.3, 0.4) is 0 Å². The van der Waals surface area contributed by atoms with Crippen molar-refractivity contribution in [2.75, 3.05) is 17.7 Å². The van der Waals surface area contributed by atoms with Crippen molar-refractivity contribution >= 4 is 50.1 Å². The number of carbonyl (C=O) groups is 1. The molecule has 0 saturated carbocycles. The minimum Gasteiger partial charge on any atom is -0.493 e. The molecule has 33 heavy (non-hydrogen) atoms. The largest absolute Gasteiger partial charge is 0.493 e. The number of thioether (sulfide) groups is 1. The van der Waals surface area contributed by atoms with Crippen LogP contribution in [0, 0.1) is 0 Å². The molecule has 2 heterocycles. The fourth-order valence-corrected chi connectivity index (χ4v) is 4.98. The van der Waals surface area contributed by atoms with Gasteiger partial charge in [0.1, 0.15) is 5.75 Å². The third kappa shape index (κ3) is 5.63. The van der Waals surface area contributed by atoms with Crippen LogP contribution in [0.1, 0.15) is 13.8 Å². The molecule has 170 valence electrons. The molecule has 4 rings (SSSR count). The molecule has 0 aliphatic heterocycles. The van der Waals surface area contributed by atoms with Crippen LogP contribution in [0.25, 0.3) is 22.6 Å². The number of para-hydroxylation sites is 1. The van der Waals surface area contributed by atoms with Crippen molar-refractivity contribution < 1.29 is 9.53 Å². The summed E-state index contributed by atoms with van der Waals surface area (Å²) in [6.07, 6.45) is 0. The highest BCUT2D eigenvalue weighted by molar-refractivity contribution is 9.10. The summed E-state index contributed by atoms with van der Waals surface area (Å²) in [6, 6.07) is 15.7. The Kier molecular flexibility index (Phi) is 7.79. The molecule has 10 heteroatoms. The number of amides is 1. The second kappa shape index (κ2) is 11.0. The monoisotopic (exact) mass is 543 g/mol. The summed E-state index contributed by atoms with van der Waals surface area (Å²) in [7, 11) is 0. The number of aromatic nitrogens is 4. The van der Waals surface area contributed by atoms with Crippen LogP contribution in [0.4, 0.5) is 5.13 Å². The molecule has 0 radical (unpaired) electrons. The van der Waals surface area contributed by atoms with Gasteiger partial charge in [-0.2, -0.15) is 0 Å². The van der Waals surface area contributed by atoms with E-state index in [2.05, 4.69) is 36.4 Å². The molecule has 7 nitrogen and oxygen atoms in total. The van der Waals surface area contributed by atoms with Crippen LogP contribution in [0.5, 0.6) is 5.75 Å². The number of benzene rings is 2. The second-order valence-electron chi connectivity index (χ2n) is 6.86. The molecular weight excluding hydrogens is 522 g/mol. The molecular formula is C23H22BrN5O2S2. The van der Waals surface area contributed by atoms with Gasteiger partial charge in [0.25, 0.3) is 0 Å². The molecule has 1 amide bonds. The molecule has 4 aromatic rings. The van der Waals surface area contributed by atoms with Crippen molar-refractivity contribution in [3.05, 3.63) is 58.4 Å². The summed E-state index contributed by atoms with van der Waals surface area (Å²) in [5, 5.41) is 14.8. The fourth-order valence-electron chi connectivity index (χ4n) is 3.18. The molecule has 0 fully saturated rings. The Morgan fingerprint density at radius 2 is 1.94 bits per heavy atom. The lowest BCUT2D eigenvalue weighted by Crippen LogP contribution is -2.14. The number of ether oxygens (including phenoxy) is 1. The van der Waals surface area contributed by atoms with Gasteiger partial charge in [0.2, 0.25) is 5.91 Å². The molecule has 0 aliphatic carbocycles. The Balaban J connectivity index is 1.42. The third-order valence-corrected chi connectivity index (χ3v) is 6.94. The summed E-state index contributed by atoms with van der Waals surface area (Å²) in [4.78, 5) is 17.1. The molecule has 0 aliphatic rings. The SMILES string of the molecule is CCOc1ccccc1-c1nnc(SCC(=O)Nc2nc(-c3ccc(Br)cc3)cs2)n1CC. The summed E-state index contributed by atoms with van der Waals surface area (Å²) in [6.45, 7) is 5.22. The van der Waals surface area contributed by atoms with Gasteiger partial charge in [-0.3, -0.25) is 4.79 Å². The van der Waals surface area contributed by atoms with E-state index in [1.54, 1.807) is 0 Å². The van der Waals surface area contributed by atoms with Gasteiger partial charge in [-0.05, 0) is 38.1 Å². The van der Waals surface area contributed by atoms with Gasteiger partial charge >= 0.3 is 0 Å². The summed E-state index contributed by atoms with van der Waals surface area (Å²) >= 11 is 6.18. The zero-order valence-electron chi connectivity index (χ0n) is 18.1. The van der Waals surface area contributed by atoms with E-state index in [0.29, 0.717) is 23.4 Å². The van der Waals surface area contributed by atoms with E-state index in [1.165, 1.54) is 23.1 Å². The lowest BCUT2D eigenvalue weighted by atomic mass is 10.2. The van der Waals surface area contributed by atoms with Gasteiger partial charge < -0.3 is 14.6 Å². The van der Waals surface area contributed by atoms with E-state index >= 15 is 0 Å². The fraction of sp³-hybridized carbons (Fsp3) is 0.217. The number of halogens is 1. The van der Waals surface area contributed by atoms with Crippen molar-refractivity contribution in [2.24, 2.45) is 0 Å². The highest BCUT2D eigenvalue weighted by atomic mass is 79.9. The highest BCUT2D eigenvalue weighted by Crippen LogP contribution is 2.31. The van der Waals surface area contributed by atoms with E-state index in [4.69, 9.17) is 4.74 Å². The zero-order chi connectivity index (χ0) is 23.2. The van der Waals surface area contributed by atoms with Crippen molar-refractivity contribution in [2.45, 2.75) is 25.5 Å². The summed E-state index contributed by atoms with van der Waals surface area (Å²) < 4.78 is 8.75. The van der Waals surface area contributed by atoms with Crippen LogP contribution in [-0.4, -0.2) is 38.0 Å². The van der Waals surface area contributed by atoms with E-state index in [1.807, 2.05) is 72.3 Å². The lowest BCUT2D eigenvalue weighted by Gasteiger charge is -2.11. The van der Waals surface area contributed by atoms with E-state index in [9.17, 15) is 4.79 Å². The van der Waals surface area contributed by atoms with Gasteiger partial charge in [-0.25, -0.2) is 4.98 Å². The summed E-state index contributed by atoms with van der Waals surface area (Å²) in [5.74, 6) is 1.56. The van der Waals surface area contributed by atoms with Crippen molar-refractivity contribution in [3.8, 4) is 28.4 Å².